The number of hydrogen-bond acceptors (Lipinski definition) is 4. The SMILES string of the molecule is CN(c1ncnc2c1cnn2C)C1CCCCC1Cl. The minimum Gasteiger partial charge on any atom is -0.354 e. The summed E-state index contributed by atoms with van der Waals surface area (Å²) in [7, 11) is 3.96. The molecule has 0 N–H and O–H groups in total. The Hall–Kier alpha value is -1.36. The van der Waals surface area contributed by atoms with Gasteiger partial charge in [-0.1, -0.05) is 12.8 Å². The van der Waals surface area contributed by atoms with Crippen LogP contribution in [0.3, 0.4) is 0 Å². The highest BCUT2D eigenvalue weighted by Gasteiger charge is 2.28. The monoisotopic (exact) mass is 279 g/mol. The lowest BCUT2D eigenvalue weighted by atomic mass is 9.94. The zero-order valence-corrected chi connectivity index (χ0v) is 12.0. The highest BCUT2D eigenvalue weighted by molar-refractivity contribution is 6.21. The van der Waals surface area contributed by atoms with Crippen molar-refractivity contribution in [3.63, 3.8) is 0 Å². The minimum absolute atomic E-state index is 0.195. The second-order valence-corrected chi connectivity index (χ2v) is 5.74. The van der Waals surface area contributed by atoms with Crippen molar-refractivity contribution >= 4 is 28.5 Å². The van der Waals surface area contributed by atoms with Gasteiger partial charge in [0.2, 0.25) is 0 Å². The van der Waals surface area contributed by atoms with Crippen LogP contribution in [-0.4, -0.2) is 38.2 Å². The first-order valence-corrected chi connectivity index (χ1v) is 7.11. The Labute approximate surface area is 117 Å². The molecule has 2 unspecified atom stereocenters. The van der Waals surface area contributed by atoms with Crippen molar-refractivity contribution < 1.29 is 0 Å². The van der Waals surface area contributed by atoms with E-state index < -0.39 is 0 Å². The first-order chi connectivity index (χ1) is 9.18. The summed E-state index contributed by atoms with van der Waals surface area (Å²) in [5, 5.41) is 5.44. The van der Waals surface area contributed by atoms with Crippen molar-refractivity contribution in [3.05, 3.63) is 12.5 Å². The van der Waals surface area contributed by atoms with Gasteiger partial charge in [-0.15, -0.1) is 11.6 Å². The van der Waals surface area contributed by atoms with Crippen LogP contribution in [0.5, 0.6) is 0 Å². The quantitative estimate of drug-likeness (QED) is 0.792. The summed E-state index contributed by atoms with van der Waals surface area (Å²) >= 11 is 6.48. The standard InChI is InChI=1S/C13H18ClN5/c1-18(11-6-4-3-5-10(11)14)12-9-7-17-19(2)13(9)16-8-15-12/h7-8,10-11H,3-6H2,1-2H3. The second-order valence-electron chi connectivity index (χ2n) is 5.18. The minimum atomic E-state index is 0.195. The van der Waals surface area contributed by atoms with Crippen molar-refractivity contribution in [1.29, 1.82) is 0 Å². The molecule has 1 aliphatic carbocycles. The number of fused-ring (bicyclic) bond motifs is 1. The van der Waals surface area contributed by atoms with Crippen LogP contribution < -0.4 is 4.90 Å². The third-order valence-electron chi connectivity index (χ3n) is 3.99. The van der Waals surface area contributed by atoms with Gasteiger partial charge >= 0.3 is 0 Å². The summed E-state index contributed by atoms with van der Waals surface area (Å²) in [6.45, 7) is 0. The van der Waals surface area contributed by atoms with Gasteiger partial charge in [-0.2, -0.15) is 5.10 Å². The molecular weight excluding hydrogens is 262 g/mol. The molecule has 0 spiro atoms. The third kappa shape index (κ3) is 2.16. The molecular formula is C13H18ClN5. The van der Waals surface area contributed by atoms with Gasteiger partial charge in [0, 0.05) is 20.1 Å². The molecule has 2 heterocycles. The molecule has 19 heavy (non-hydrogen) atoms. The number of nitrogens with zero attached hydrogens (tertiary/aromatic N) is 5. The maximum Gasteiger partial charge on any atom is 0.163 e. The molecule has 1 saturated carbocycles. The molecule has 6 heteroatoms. The fraction of sp³-hybridized carbons (Fsp3) is 0.615. The molecule has 0 bridgehead atoms. The average molecular weight is 280 g/mol. The summed E-state index contributed by atoms with van der Waals surface area (Å²) in [4.78, 5) is 10.9. The molecule has 0 aliphatic heterocycles. The number of anilines is 1. The first-order valence-electron chi connectivity index (χ1n) is 6.68. The number of rotatable bonds is 2. The van der Waals surface area contributed by atoms with Crippen molar-refractivity contribution in [1.82, 2.24) is 19.7 Å². The van der Waals surface area contributed by atoms with Crippen LogP contribution in [0.15, 0.2) is 12.5 Å². The Morgan fingerprint density at radius 3 is 2.89 bits per heavy atom. The number of halogens is 1. The van der Waals surface area contributed by atoms with E-state index in [4.69, 9.17) is 11.6 Å². The smallest absolute Gasteiger partial charge is 0.163 e. The topological polar surface area (TPSA) is 46.8 Å². The maximum atomic E-state index is 6.48. The first kappa shape index (κ1) is 12.7. The molecule has 102 valence electrons. The Morgan fingerprint density at radius 2 is 2.11 bits per heavy atom. The van der Waals surface area contributed by atoms with Crippen LogP contribution in [0.25, 0.3) is 11.0 Å². The Morgan fingerprint density at radius 1 is 1.32 bits per heavy atom. The lowest BCUT2D eigenvalue weighted by molar-refractivity contribution is 0.433. The van der Waals surface area contributed by atoms with E-state index in [1.807, 2.05) is 13.2 Å². The maximum absolute atomic E-state index is 6.48. The van der Waals surface area contributed by atoms with Gasteiger partial charge in [0.05, 0.1) is 17.0 Å². The molecule has 0 aromatic carbocycles. The van der Waals surface area contributed by atoms with Crippen molar-refractivity contribution in [2.75, 3.05) is 11.9 Å². The molecule has 0 radical (unpaired) electrons. The normalized spacial score (nSPS) is 23.7. The fourth-order valence-electron chi connectivity index (χ4n) is 2.89. The lowest BCUT2D eigenvalue weighted by Gasteiger charge is -2.35. The summed E-state index contributed by atoms with van der Waals surface area (Å²) < 4.78 is 1.77. The molecule has 0 amide bonds. The predicted octanol–water partition coefficient (Wildman–Crippen LogP) is 2.35. The molecule has 2 aromatic heterocycles. The van der Waals surface area contributed by atoms with Gasteiger partial charge in [0.25, 0.3) is 0 Å². The van der Waals surface area contributed by atoms with Crippen LogP contribution in [0.2, 0.25) is 0 Å². The molecule has 1 aliphatic rings. The van der Waals surface area contributed by atoms with Gasteiger partial charge in [0.15, 0.2) is 5.65 Å². The Balaban J connectivity index is 1.99. The average Bonchev–Trinajstić information content (AvgIpc) is 2.80. The number of hydrogen-bond donors (Lipinski definition) is 0. The summed E-state index contributed by atoms with van der Waals surface area (Å²) in [5.74, 6) is 0.927. The van der Waals surface area contributed by atoms with E-state index in [-0.39, 0.29) is 5.38 Å². The third-order valence-corrected chi connectivity index (χ3v) is 4.50. The highest BCUT2D eigenvalue weighted by atomic mass is 35.5. The number of alkyl halides is 1. The van der Waals surface area contributed by atoms with E-state index in [1.54, 1.807) is 11.0 Å². The Kier molecular flexibility index (Phi) is 3.31. The molecule has 0 saturated heterocycles. The van der Waals surface area contributed by atoms with Crippen LogP contribution >= 0.6 is 11.6 Å². The molecule has 1 fully saturated rings. The fourth-order valence-corrected chi connectivity index (χ4v) is 3.34. The van der Waals surface area contributed by atoms with E-state index in [9.17, 15) is 0 Å². The van der Waals surface area contributed by atoms with Gasteiger partial charge < -0.3 is 4.90 Å². The summed E-state index contributed by atoms with van der Waals surface area (Å²) in [6.07, 6.45) is 8.09. The van der Waals surface area contributed by atoms with E-state index >= 15 is 0 Å². The Bertz CT molecular complexity index is 581. The van der Waals surface area contributed by atoms with E-state index in [0.29, 0.717) is 6.04 Å². The van der Waals surface area contributed by atoms with Crippen LogP contribution in [0.4, 0.5) is 5.82 Å². The summed E-state index contributed by atoms with van der Waals surface area (Å²) in [5.41, 5.74) is 0.860. The molecule has 2 aromatic rings. The van der Waals surface area contributed by atoms with Crippen LogP contribution in [0.1, 0.15) is 25.7 Å². The highest BCUT2D eigenvalue weighted by Crippen LogP contribution is 2.31. The van der Waals surface area contributed by atoms with Gasteiger partial charge in [-0.25, -0.2) is 9.97 Å². The van der Waals surface area contributed by atoms with Crippen molar-refractivity contribution in [2.45, 2.75) is 37.1 Å². The molecule has 2 atom stereocenters. The van der Waals surface area contributed by atoms with E-state index in [1.165, 1.54) is 12.8 Å². The zero-order valence-electron chi connectivity index (χ0n) is 11.3. The van der Waals surface area contributed by atoms with Crippen LogP contribution in [-0.2, 0) is 7.05 Å². The van der Waals surface area contributed by atoms with Crippen molar-refractivity contribution in [2.24, 2.45) is 7.05 Å². The zero-order chi connectivity index (χ0) is 13.4. The van der Waals surface area contributed by atoms with Crippen molar-refractivity contribution in [3.8, 4) is 0 Å². The lowest BCUT2D eigenvalue weighted by Crippen LogP contribution is -2.41. The largest absolute Gasteiger partial charge is 0.354 e. The molecule has 3 rings (SSSR count). The summed E-state index contributed by atoms with van der Waals surface area (Å²) in [6, 6.07) is 0.341. The number of aryl methyl sites for hydroxylation is 1. The van der Waals surface area contributed by atoms with E-state index in [2.05, 4.69) is 27.0 Å². The molecule has 5 nitrogen and oxygen atoms in total. The van der Waals surface area contributed by atoms with Gasteiger partial charge in [0.1, 0.15) is 12.1 Å². The van der Waals surface area contributed by atoms with E-state index in [0.717, 1.165) is 29.7 Å². The number of aromatic nitrogens is 4. The van der Waals surface area contributed by atoms with Gasteiger partial charge in [-0.3, -0.25) is 4.68 Å². The van der Waals surface area contributed by atoms with Crippen LogP contribution in [0, 0.1) is 0 Å². The second kappa shape index (κ2) is 4.96. The predicted molar refractivity (Wildman–Crippen MR) is 76.6 cm³/mol. The van der Waals surface area contributed by atoms with Gasteiger partial charge in [-0.05, 0) is 12.8 Å².